The quantitative estimate of drug-likeness (QED) is 0.443. The van der Waals surface area contributed by atoms with Crippen LogP contribution in [0.2, 0.25) is 0 Å². The molecule has 0 saturated heterocycles. The minimum absolute atomic E-state index is 0.274. The van der Waals surface area contributed by atoms with Crippen molar-refractivity contribution in [1.82, 2.24) is 4.98 Å². The highest BCUT2D eigenvalue weighted by molar-refractivity contribution is 9.10. The Balaban J connectivity index is 2.41. The molecule has 0 radical (unpaired) electrons. The Labute approximate surface area is 170 Å². The summed E-state index contributed by atoms with van der Waals surface area (Å²) in [4.78, 5) is 17.1. The van der Waals surface area contributed by atoms with Gasteiger partial charge in [0.25, 0.3) is 0 Å². The molecule has 4 nitrogen and oxygen atoms in total. The molecule has 1 unspecified atom stereocenters. The summed E-state index contributed by atoms with van der Waals surface area (Å²) in [6, 6.07) is 6.13. The Morgan fingerprint density at radius 1 is 1.15 bits per heavy atom. The van der Waals surface area contributed by atoms with Gasteiger partial charge in [0.05, 0.1) is 16.5 Å². The van der Waals surface area contributed by atoms with Gasteiger partial charge in [0.1, 0.15) is 0 Å². The number of carbonyl (C=O) groups is 1. The molecule has 1 heterocycles. The SMILES string of the molecule is Cc1ccc2c(Br)c(CC(OC(=O)C(C)(C)C)OC(C)(C)C)c(C)cc2n1. The van der Waals surface area contributed by atoms with Crippen LogP contribution in [0.25, 0.3) is 10.9 Å². The molecule has 0 aliphatic heterocycles. The van der Waals surface area contributed by atoms with Crippen LogP contribution >= 0.6 is 15.9 Å². The van der Waals surface area contributed by atoms with Crippen molar-refractivity contribution in [2.75, 3.05) is 0 Å². The number of aromatic nitrogens is 1. The van der Waals surface area contributed by atoms with E-state index in [1.165, 1.54) is 0 Å². The van der Waals surface area contributed by atoms with Crippen molar-refractivity contribution < 1.29 is 14.3 Å². The zero-order chi connectivity index (χ0) is 20.6. The molecule has 0 aliphatic carbocycles. The van der Waals surface area contributed by atoms with Crippen LogP contribution in [-0.4, -0.2) is 22.8 Å². The molecule has 0 bridgehead atoms. The standard InChI is InChI=1S/C22H30BrNO3/c1-13-11-17-15(10-9-14(2)24-17)19(23)16(13)12-18(27-22(6,7)8)26-20(25)21(3,4)5/h9-11,18H,12H2,1-8H3. The highest BCUT2D eigenvalue weighted by Crippen LogP contribution is 2.32. The zero-order valence-electron chi connectivity index (χ0n) is 17.6. The molecular formula is C22H30BrNO3. The van der Waals surface area contributed by atoms with Gasteiger partial charge in [0.15, 0.2) is 0 Å². The molecule has 2 aromatic rings. The molecule has 0 spiro atoms. The Hall–Kier alpha value is -1.46. The molecule has 148 valence electrons. The number of carbonyl (C=O) groups excluding carboxylic acids is 1. The van der Waals surface area contributed by atoms with E-state index in [1.54, 1.807) is 0 Å². The largest absolute Gasteiger partial charge is 0.435 e. The summed E-state index contributed by atoms with van der Waals surface area (Å²) in [5.41, 5.74) is 3.05. The monoisotopic (exact) mass is 435 g/mol. The number of aryl methyl sites for hydroxylation is 2. The molecule has 0 aliphatic rings. The van der Waals surface area contributed by atoms with Crippen molar-refractivity contribution in [2.24, 2.45) is 5.41 Å². The van der Waals surface area contributed by atoms with Crippen molar-refractivity contribution in [3.63, 3.8) is 0 Å². The lowest BCUT2D eigenvalue weighted by atomic mass is 9.97. The number of ether oxygens (including phenoxy) is 2. The summed E-state index contributed by atoms with van der Waals surface area (Å²) in [5.74, 6) is -0.274. The molecule has 5 heteroatoms. The van der Waals surface area contributed by atoms with Crippen LogP contribution in [0.15, 0.2) is 22.7 Å². The summed E-state index contributed by atoms with van der Waals surface area (Å²) in [6.45, 7) is 15.4. The molecule has 1 aromatic heterocycles. The molecule has 2 rings (SSSR count). The van der Waals surface area contributed by atoms with Gasteiger partial charge in [0.2, 0.25) is 6.29 Å². The number of hydrogen-bond acceptors (Lipinski definition) is 4. The normalized spacial score (nSPS) is 13.7. The summed E-state index contributed by atoms with van der Waals surface area (Å²) in [5, 5.41) is 1.04. The first-order valence-corrected chi connectivity index (χ1v) is 10.0. The van der Waals surface area contributed by atoms with E-state index in [1.807, 2.05) is 61.5 Å². The van der Waals surface area contributed by atoms with Gasteiger partial charge < -0.3 is 9.47 Å². The third kappa shape index (κ3) is 5.76. The summed E-state index contributed by atoms with van der Waals surface area (Å²) < 4.78 is 12.8. The fraction of sp³-hybridized carbons (Fsp3) is 0.545. The maximum Gasteiger partial charge on any atom is 0.313 e. The third-order valence-electron chi connectivity index (χ3n) is 4.10. The summed E-state index contributed by atoms with van der Waals surface area (Å²) >= 11 is 3.74. The van der Waals surface area contributed by atoms with E-state index in [-0.39, 0.29) is 5.97 Å². The average molecular weight is 436 g/mol. The first kappa shape index (κ1) is 21.8. The Morgan fingerprint density at radius 2 is 1.78 bits per heavy atom. The first-order valence-electron chi connectivity index (χ1n) is 9.22. The molecule has 0 fully saturated rings. The Kier molecular flexibility index (Phi) is 6.37. The fourth-order valence-electron chi connectivity index (χ4n) is 2.72. The van der Waals surface area contributed by atoms with E-state index in [9.17, 15) is 4.79 Å². The smallest absolute Gasteiger partial charge is 0.313 e. The van der Waals surface area contributed by atoms with Gasteiger partial charge in [-0.15, -0.1) is 0 Å². The maximum atomic E-state index is 12.4. The summed E-state index contributed by atoms with van der Waals surface area (Å²) in [6.07, 6.45) is -0.197. The van der Waals surface area contributed by atoms with Crippen LogP contribution in [0, 0.1) is 19.3 Å². The Bertz CT molecular complexity index is 847. The summed E-state index contributed by atoms with van der Waals surface area (Å²) in [7, 11) is 0. The van der Waals surface area contributed by atoms with E-state index >= 15 is 0 Å². The predicted octanol–water partition coefficient (Wildman–Crippen LogP) is 5.89. The van der Waals surface area contributed by atoms with E-state index in [0.717, 1.165) is 32.2 Å². The predicted molar refractivity (Wildman–Crippen MR) is 113 cm³/mol. The van der Waals surface area contributed by atoms with Gasteiger partial charge in [-0.3, -0.25) is 9.78 Å². The van der Waals surface area contributed by atoms with Crippen molar-refractivity contribution in [2.45, 2.75) is 73.7 Å². The van der Waals surface area contributed by atoms with E-state index in [0.29, 0.717) is 6.42 Å². The maximum absolute atomic E-state index is 12.4. The topological polar surface area (TPSA) is 48.4 Å². The van der Waals surface area contributed by atoms with Gasteiger partial charge in [-0.05, 0) is 101 Å². The highest BCUT2D eigenvalue weighted by Gasteiger charge is 2.30. The lowest BCUT2D eigenvalue weighted by Gasteiger charge is -2.30. The molecule has 0 amide bonds. The Morgan fingerprint density at radius 3 is 2.33 bits per heavy atom. The second-order valence-electron chi connectivity index (χ2n) is 9.02. The van der Waals surface area contributed by atoms with Crippen LogP contribution in [0.4, 0.5) is 0 Å². The second-order valence-corrected chi connectivity index (χ2v) is 9.82. The highest BCUT2D eigenvalue weighted by atomic mass is 79.9. The lowest BCUT2D eigenvalue weighted by molar-refractivity contribution is -0.209. The van der Waals surface area contributed by atoms with Gasteiger partial charge in [0, 0.05) is 22.0 Å². The number of esters is 1. The van der Waals surface area contributed by atoms with Crippen LogP contribution in [0.1, 0.15) is 58.4 Å². The van der Waals surface area contributed by atoms with E-state index < -0.39 is 17.3 Å². The van der Waals surface area contributed by atoms with Crippen molar-refractivity contribution >= 4 is 32.8 Å². The zero-order valence-corrected chi connectivity index (χ0v) is 19.2. The van der Waals surface area contributed by atoms with Crippen LogP contribution < -0.4 is 0 Å². The lowest BCUT2D eigenvalue weighted by Crippen LogP contribution is -2.36. The number of nitrogens with zero attached hydrogens (tertiary/aromatic N) is 1. The number of rotatable bonds is 4. The number of fused-ring (bicyclic) bond motifs is 1. The van der Waals surface area contributed by atoms with Crippen LogP contribution in [0.5, 0.6) is 0 Å². The van der Waals surface area contributed by atoms with Gasteiger partial charge in [-0.25, -0.2) is 0 Å². The molecule has 1 atom stereocenters. The number of hydrogen-bond donors (Lipinski definition) is 0. The van der Waals surface area contributed by atoms with Gasteiger partial charge >= 0.3 is 5.97 Å². The molecule has 27 heavy (non-hydrogen) atoms. The van der Waals surface area contributed by atoms with E-state index in [4.69, 9.17) is 9.47 Å². The van der Waals surface area contributed by atoms with Crippen molar-refractivity contribution in [3.05, 3.63) is 39.5 Å². The minimum Gasteiger partial charge on any atom is -0.435 e. The average Bonchev–Trinajstić information content (AvgIpc) is 2.48. The van der Waals surface area contributed by atoms with Gasteiger partial charge in [-0.1, -0.05) is 0 Å². The minimum atomic E-state index is -0.664. The molecule has 1 aromatic carbocycles. The van der Waals surface area contributed by atoms with Crippen LogP contribution in [0.3, 0.4) is 0 Å². The fourth-order valence-corrected chi connectivity index (χ4v) is 3.53. The molecular weight excluding hydrogens is 406 g/mol. The molecule has 0 saturated carbocycles. The van der Waals surface area contributed by atoms with E-state index in [2.05, 4.69) is 33.0 Å². The number of benzene rings is 1. The number of halogens is 1. The van der Waals surface area contributed by atoms with Crippen molar-refractivity contribution in [3.8, 4) is 0 Å². The first-order chi connectivity index (χ1) is 12.3. The second kappa shape index (κ2) is 7.88. The van der Waals surface area contributed by atoms with Crippen molar-refractivity contribution in [1.29, 1.82) is 0 Å². The number of pyridine rings is 1. The third-order valence-corrected chi connectivity index (χ3v) is 5.01. The molecule has 0 N–H and O–H groups in total. The van der Waals surface area contributed by atoms with Gasteiger partial charge in [-0.2, -0.15) is 0 Å². The van der Waals surface area contributed by atoms with Crippen LogP contribution in [-0.2, 0) is 20.7 Å².